The Labute approximate surface area is 100 Å². The van der Waals surface area contributed by atoms with Gasteiger partial charge in [0.15, 0.2) is 5.96 Å². The van der Waals surface area contributed by atoms with Gasteiger partial charge < -0.3 is 20.1 Å². The summed E-state index contributed by atoms with van der Waals surface area (Å²) in [5.41, 5.74) is 5.94. The molecular formula is C10H19N3O2S. The molecule has 2 heterocycles. The maximum atomic E-state index is 5.94. The lowest BCUT2D eigenvalue weighted by Gasteiger charge is -2.28. The van der Waals surface area contributed by atoms with Crippen molar-refractivity contribution in [1.82, 2.24) is 4.90 Å². The van der Waals surface area contributed by atoms with Crippen molar-refractivity contribution in [3.63, 3.8) is 0 Å². The number of hydrogen-bond acceptors (Lipinski definition) is 4. The van der Waals surface area contributed by atoms with Gasteiger partial charge in [-0.25, -0.2) is 0 Å². The summed E-state index contributed by atoms with van der Waals surface area (Å²) in [5, 5.41) is 0. The van der Waals surface area contributed by atoms with Crippen molar-refractivity contribution < 1.29 is 9.47 Å². The molecule has 2 fully saturated rings. The van der Waals surface area contributed by atoms with Gasteiger partial charge in [0.1, 0.15) is 6.10 Å². The fourth-order valence-electron chi connectivity index (χ4n) is 1.73. The van der Waals surface area contributed by atoms with Crippen LogP contribution in [0, 0.1) is 0 Å². The highest BCUT2D eigenvalue weighted by Gasteiger charge is 2.16. The van der Waals surface area contributed by atoms with Gasteiger partial charge in [-0.05, 0) is 0 Å². The predicted molar refractivity (Wildman–Crippen MR) is 65.9 cm³/mol. The van der Waals surface area contributed by atoms with Crippen molar-refractivity contribution in [3.05, 3.63) is 0 Å². The van der Waals surface area contributed by atoms with Crippen LogP contribution in [0.4, 0.5) is 0 Å². The lowest BCUT2D eigenvalue weighted by Crippen LogP contribution is -2.43. The number of thioether (sulfide) groups is 1. The van der Waals surface area contributed by atoms with E-state index in [4.69, 9.17) is 15.2 Å². The van der Waals surface area contributed by atoms with E-state index in [1.165, 1.54) is 0 Å². The van der Waals surface area contributed by atoms with Gasteiger partial charge in [0.25, 0.3) is 0 Å². The van der Waals surface area contributed by atoms with Gasteiger partial charge in [0.05, 0.1) is 26.4 Å². The summed E-state index contributed by atoms with van der Waals surface area (Å²) in [6.45, 7) is 4.60. The second-order valence-corrected chi connectivity index (χ2v) is 5.09. The molecule has 2 aliphatic heterocycles. The molecule has 0 aromatic heterocycles. The lowest BCUT2D eigenvalue weighted by atomic mass is 10.3. The zero-order chi connectivity index (χ0) is 11.2. The van der Waals surface area contributed by atoms with E-state index in [9.17, 15) is 0 Å². The minimum absolute atomic E-state index is 0.0754. The summed E-state index contributed by atoms with van der Waals surface area (Å²) >= 11 is 1.97. The second-order valence-electron chi connectivity index (χ2n) is 3.87. The van der Waals surface area contributed by atoms with E-state index in [1.54, 1.807) is 0 Å². The molecule has 0 spiro atoms. The topological polar surface area (TPSA) is 60.1 Å². The molecule has 2 saturated heterocycles. The molecule has 0 radical (unpaired) electrons. The molecule has 6 heteroatoms. The van der Waals surface area contributed by atoms with E-state index >= 15 is 0 Å². The smallest absolute Gasteiger partial charge is 0.191 e. The highest BCUT2D eigenvalue weighted by atomic mass is 32.2. The number of guanidine groups is 1. The van der Waals surface area contributed by atoms with Crippen LogP contribution in [0.1, 0.15) is 0 Å². The van der Waals surface area contributed by atoms with Crippen molar-refractivity contribution in [2.75, 3.05) is 51.0 Å². The fourth-order valence-corrected chi connectivity index (χ4v) is 2.63. The number of rotatable bonds is 2. The van der Waals surface area contributed by atoms with E-state index < -0.39 is 0 Å². The number of aliphatic imine (C=N–C) groups is 1. The fraction of sp³-hybridized carbons (Fsp3) is 0.900. The highest BCUT2D eigenvalue weighted by molar-refractivity contribution is 7.99. The van der Waals surface area contributed by atoms with Gasteiger partial charge in [-0.1, -0.05) is 0 Å². The maximum Gasteiger partial charge on any atom is 0.191 e. The third-order valence-corrected chi connectivity index (χ3v) is 3.62. The molecule has 5 nitrogen and oxygen atoms in total. The largest absolute Gasteiger partial charge is 0.376 e. The van der Waals surface area contributed by atoms with Crippen molar-refractivity contribution in [1.29, 1.82) is 0 Å². The van der Waals surface area contributed by atoms with Crippen LogP contribution in [0.3, 0.4) is 0 Å². The van der Waals surface area contributed by atoms with Crippen LogP contribution in [0.5, 0.6) is 0 Å². The number of ether oxygens (including phenoxy) is 2. The summed E-state index contributed by atoms with van der Waals surface area (Å²) in [7, 11) is 0. The Kier molecular flexibility index (Phi) is 4.74. The molecule has 16 heavy (non-hydrogen) atoms. The first kappa shape index (κ1) is 12.0. The first-order valence-corrected chi connectivity index (χ1v) is 6.83. The third-order valence-electron chi connectivity index (χ3n) is 2.68. The van der Waals surface area contributed by atoms with Crippen molar-refractivity contribution in [2.24, 2.45) is 10.7 Å². The Morgan fingerprint density at radius 3 is 2.88 bits per heavy atom. The van der Waals surface area contributed by atoms with Crippen LogP contribution in [-0.2, 0) is 9.47 Å². The van der Waals surface area contributed by atoms with Gasteiger partial charge in [-0.15, -0.1) is 0 Å². The summed E-state index contributed by atoms with van der Waals surface area (Å²) in [4.78, 5) is 6.52. The van der Waals surface area contributed by atoms with E-state index in [-0.39, 0.29) is 6.10 Å². The minimum atomic E-state index is 0.0754. The molecule has 0 aromatic rings. The van der Waals surface area contributed by atoms with E-state index in [0.29, 0.717) is 32.3 Å². The van der Waals surface area contributed by atoms with E-state index in [0.717, 1.165) is 24.6 Å². The number of nitrogens with zero attached hydrogens (tertiary/aromatic N) is 2. The SMILES string of the molecule is NC(=NCC1COCCO1)N1CCSCC1. The zero-order valence-corrected chi connectivity index (χ0v) is 10.2. The molecular weight excluding hydrogens is 226 g/mol. The second kappa shape index (κ2) is 6.32. The molecule has 2 rings (SSSR count). The predicted octanol–water partition coefficient (Wildman–Crippen LogP) is -0.235. The maximum absolute atomic E-state index is 5.94. The monoisotopic (exact) mass is 245 g/mol. The highest BCUT2D eigenvalue weighted by Crippen LogP contribution is 2.08. The summed E-state index contributed by atoms with van der Waals surface area (Å²) in [6, 6.07) is 0. The van der Waals surface area contributed by atoms with Crippen LogP contribution >= 0.6 is 11.8 Å². The number of hydrogen-bond donors (Lipinski definition) is 1. The summed E-state index contributed by atoms with van der Waals surface area (Å²) < 4.78 is 10.8. The van der Waals surface area contributed by atoms with E-state index in [1.807, 2.05) is 11.8 Å². The molecule has 92 valence electrons. The Hall–Kier alpha value is -0.460. The average molecular weight is 245 g/mol. The van der Waals surface area contributed by atoms with Crippen LogP contribution in [0.25, 0.3) is 0 Å². The molecule has 0 bridgehead atoms. The van der Waals surface area contributed by atoms with Crippen molar-refractivity contribution in [3.8, 4) is 0 Å². The molecule has 1 unspecified atom stereocenters. The lowest BCUT2D eigenvalue weighted by molar-refractivity contribution is -0.0833. The molecule has 0 amide bonds. The molecule has 0 aromatic carbocycles. The Morgan fingerprint density at radius 1 is 1.38 bits per heavy atom. The first-order valence-electron chi connectivity index (χ1n) is 5.68. The Balaban J connectivity index is 1.76. The molecule has 1 atom stereocenters. The molecule has 0 aliphatic carbocycles. The van der Waals surface area contributed by atoms with Gasteiger partial charge in [-0.2, -0.15) is 11.8 Å². The van der Waals surface area contributed by atoms with Crippen LogP contribution in [0.15, 0.2) is 4.99 Å². The van der Waals surface area contributed by atoms with Crippen molar-refractivity contribution >= 4 is 17.7 Å². The van der Waals surface area contributed by atoms with Crippen LogP contribution < -0.4 is 5.73 Å². The zero-order valence-electron chi connectivity index (χ0n) is 9.43. The Morgan fingerprint density at radius 2 is 2.19 bits per heavy atom. The summed E-state index contributed by atoms with van der Waals surface area (Å²) in [6.07, 6.45) is 0.0754. The molecule has 0 saturated carbocycles. The van der Waals surface area contributed by atoms with Gasteiger partial charge in [-0.3, -0.25) is 4.99 Å². The van der Waals surface area contributed by atoms with E-state index in [2.05, 4.69) is 9.89 Å². The van der Waals surface area contributed by atoms with Crippen LogP contribution in [-0.4, -0.2) is 67.9 Å². The van der Waals surface area contributed by atoms with Gasteiger partial charge >= 0.3 is 0 Å². The average Bonchev–Trinajstić information content (AvgIpc) is 2.38. The first-order chi connectivity index (χ1) is 7.86. The normalized spacial score (nSPS) is 28.1. The van der Waals surface area contributed by atoms with Crippen molar-refractivity contribution in [2.45, 2.75) is 6.10 Å². The number of nitrogens with two attached hydrogens (primary N) is 1. The minimum Gasteiger partial charge on any atom is -0.376 e. The standard InChI is InChI=1S/C10H19N3O2S/c11-10(13-1-5-16-6-2-13)12-7-9-8-14-3-4-15-9/h9H,1-8H2,(H2,11,12). The van der Waals surface area contributed by atoms with Gasteiger partial charge in [0.2, 0.25) is 0 Å². The van der Waals surface area contributed by atoms with Gasteiger partial charge in [0, 0.05) is 24.6 Å². The molecule has 2 N–H and O–H groups in total. The van der Waals surface area contributed by atoms with Crippen LogP contribution in [0.2, 0.25) is 0 Å². The molecule has 2 aliphatic rings. The Bertz CT molecular complexity index is 238. The quantitative estimate of drug-likeness (QED) is 0.538. The summed E-state index contributed by atoms with van der Waals surface area (Å²) in [5.74, 6) is 2.92. The third kappa shape index (κ3) is 3.54.